The molecule has 0 aromatic carbocycles. The van der Waals surface area contributed by atoms with E-state index in [1.54, 1.807) is 0 Å². The molecule has 0 amide bonds. The minimum Gasteiger partial charge on any atom is -0.450 e. The van der Waals surface area contributed by atoms with Crippen molar-refractivity contribution in [3.05, 3.63) is 28.1 Å². The average molecular weight is 286 g/mol. The van der Waals surface area contributed by atoms with E-state index < -0.39 is 0 Å². The number of furan rings is 1. The van der Waals surface area contributed by atoms with Crippen LogP contribution in [-0.2, 0) is 0 Å². The summed E-state index contributed by atoms with van der Waals surface area (Å²) in [7, 11) is 0. The molecule has 90 valence electrons. The molecule has 1 heterocycles. The van der Waals surface area contributed by atoms with Gasteiger partial charge in [-0.2, -0.15) is 0 Å². The van der Waals surface area contributed by atoms with Crippen LogP contribution < -0.4 is 5.32 Å². The molecule has 0 fully saturated rings. The zero-order valence-corrected chi connectivity index (χ0v) is 11.8. The maximum absolute atomic E-state index is 5.48. The van der Waals surface area contributed by atoms with Gasteiger partial charge >= 0.3 is 0 Å². The topological polar surface area (TPSA) is 25.2 Å². The Morgan fingerprint density at radius 1 is 1.50 bits per heavy atom. The summed E-state index contributed by atoms with van der Waals surface area (Å²) in [6, 6.07) is 3.90. The Hall–Kier alpha value is -0.540. The highest BCUT2D eigenvalue weighted by atomic mass is 79.9. The highest BCUT2D eigenvalue weighted by molar-refractivity contribution is 9.10. The lowest BCUT2D eigenvalue weighted by molar-refractivity contribution is 0.529. The maximum Gasteiger partial charge on any atom is 0.169 e. The molecule has 16 heavy (non-hydrogen) atoms. The summed E-state index contributed by atoms with van der Waals surface area (Å²) in [5.41, 5.74) is 1.37. The highest BCUT2D eigenvalue weighted by Gasteiger charge is 2.05. The van der Waals surface area contributed by atoms with Crippen LogP contribution in [0.1, 0.15) is 33.0 Å². The van der Waals surface area contributed by atoms with E-state index in [9.17, 15) is 0 Å². The Kier molecular flexibility index (Phi) is 5.85. The predicted molar refractivity (Wildman–Crippen MR) is 72.4 cm³/mol. The van der Waals surface area contributed by atoms with Gasteiger partial charge < -0.3 is 9.73 Å². The van der Waals surface area contributed by atoms with Crippen molar-refractivity contribution in [1.82, 2.24) is 5.32 Å². The summed E-state index contributed by atoms with van der Waals surface area (Å²) >= 11 is 3.31. The number of nitrogens with one attached hydrogen (secondary N) is 1. The number of hydrogen-bond acceptors (Lipinski definition) is 2. The summed E-state index contributed by atoms with van der Waals surface area (Å²) in [5, 5.41) is 3.42. The molecular weight excluding hydrogens is 266 g/mol. The average Bonchev–Trinajstić information content (AvgIpc) is 2.63. The van der Waals surface area contributed by atoms with Crippen molar-refractivity contribution in [3.8, 4) is 0 Å². The Labute approximate surface area is 106 Å². The van der Waals surface area contributed by atoms with E-state index in [2.05, 4.69) is 48.1 Å². The second kappa shape index (κ2) is 6.92. The lowest BCUT2D eigenvalue weighted by Gasteiger charge is -2.11. The van der Waals surface area contributed by atoms with Gasteiger partial charge in [-0.05, 0) is 53.0 Å². The number of hydrogen-bond donors (Lipinski definition) is 1. The van der Waals surface area contributed by atoms with E-state index in [-0.39, 0.29) is 0 Å². The molecule has 0 aliphatic carbocycles. The van der Waals surface area contributed by atoms with E-state index in [4.69, 9.17) is 4.42 Å². The first-order chi connectivity index (χ1) is 7.63. The van der Waals surface area contributed by atoms with Gasteiger partial charge in [0.2, 0.25) is 0 Å². The van der Waals surface area contributed by atoms with Crippen LogP contribution in [0.2, 0.25) is 0 Å². The summed E-state index contributed by atoms with van der Waals surface area (Å²) < 4.78 is 6.26. The van der Waals surface area contributed by atoms with Crippen molar-refractivity contribution >= 4 is 22.0 Å². The molecule has 0 bridgehead atoms. The smallest absolute Gasteiger partial charge is 0.169 e. The van der Waals surface area contributed by atoms with E-state index >= 15 is 0 Å². The van der Waals surface area contributed by atoms with Crippen molar-refractivity contribution in [2.75, 3.05) is 13.1 Å². The summed E-state index contributed by atoms with van der Waals surface area (Å²) in [6.07, 6.45) is 3.29. The second-order valence-electron chi connectivity index (χ2n) is 4.19. The van der Waals surface area contributed by atoms with Gasteiger partial charge in [0, 0.05) is 6.54 Å². The SMILES string of the molecule is CCCNCC(=Cc1ccc(Br)o1)C(C)C. The molecule has 2 nitrogen and oxygen atoms in total. The molecule has 1 aromatic rings. The molecule has 0 atom stereocenters. The minimum atomic E-state index is 0.535. The first-order valence-corrected chi connectivity index (χ1v) is 6.59. The third kappa shape index (κ3) is 4.54. The Morgan fingerprint density at radius 2 is 2.25 bits per heavy atom. The van der Waals surface area contributed by atoms with Crippen LogP contribution in [0.25, 0.3) is 6.08 Å². The molecule has 1 N–H and O–H groups in total. The largest absolute Gasteiger partial charge is 0.450 e. The Bertz CT molecular complexity index is 341. The minimum absolute atomic E-state index is 0.535. The first kappa shape index (κ1) is 13.5. The standard InChI is InChI=1S/C13H20BrNO/c1-4-7-15-9-11(10(2)3)8-12-5-6-13(14)16-12/h5-6,8,10,15H,4,7,9H2,1-3H3. The van der Waals surface area contributed by atoms with E-state index in [0.717, 1.165) is 29.9 Å². The van der Waals surface area contributed by atoms with Crippen LogP contribution in [0.5, 0.6) is 0 Å². The molecule has 0 saturated heterocycles. The lowest BCUT2D eigenvalue weighted by atomic mass is 10.0. The van der Waals surface area contributed by atoms with E-state index in [0.29, 0.717) is 5.92 Å². The van der Waals surface area contributed by atoms with Crippen molar-refractivity contribution in [3.63, 3.8) is 0 Å². The quantitative estimate of drug-likeness (QED) is 0.797. The fraction of sp³-hybridized carbons (Fsp3) is 0.538. The summed E-state index contributed by atoms with van der Waals surface area (Å²) in [6.45, 7) is 8.58. The van der Waals surface area contributed by atoms with Gasteiger partial charge in [-0.3, -0.25) is 0 Å². The van der Waals surface area contributed by atoms with Crippen LogP contribution in [-0.4, -0.2) is 13.1 Å². The normalized spacial score (nSPS) is 12.4. The van der Waals surface area contributed by atoms with Gasteiger partial charge in [-0.25, -0.2) is 0 Å². The Balaban J connectivity index is 2.65. The van der Waals surface area contributed by atoms with Gasteiger partial charge in [0.05, 0.1) is 0 Å². The number of halogens is 1. The van der Waals surface area contributed by atoms with Crippen molar-refractivity contribution in [1.29, 1.82) is 0 Å². The fourth-order valence-corrected chi connectivity index (χ4v) is 1.74. The highest BCUT2D eigenvalue weighted by Crippen LogP contribution is 2.19. The van der Waals surface area contributed by atoms with Gasteiger partial charge in [-0.1, -0.05) is 26.3 Å². The van der Waals surface area contributed by atoms with Gasteiger partial charge in [-0.15, -0.1) is 0 Å². The van der Waals surface area contributed by atoms with E-state index in [1.165, 1.54) is 5.57 Å². The monoisotopic (exact) mass is 285 g/mol. The van der Waals surface area contributed by atoms with Gasteiger partial charge in [0.1, 0.15) is 5.76 Å². The molecular formula is C13H20BrNO. The Morgan fingerprint density at radius 3 is 2.75 bits per heavy atom. The lowest BCUT2D eigenvalue weighted by Crippen LogP contribution is -2.19. The molecule has 0 radical (unpaired) electrons. The van der Waals surface area contributed by atoms with Crippen LogP contribution in [0.15, 0.2) is 26.8 Å². The molecule has 1 rings (SSSR count). The van der Waals surface area contributed by atoms with E-state index in [1.807, 2.05) is 12.1 Å². The fourth-order valence-electron chi connectivity index (χ4n) is 1.42. The van der Waals surface area contributed by atoms with Crippen LogP contribution in [0.3, 0.4) is 0 Å². The van der Waals surface area contributed by atoms with Crippen LogP contribution in [0.4, 0.5) is 0 Å². The molecule has 0 aliphatic heterocycles. The predicted octanol–water partition coefficient (Wildman–Crippen LogP) is 4.08. The molecule has 1 aromatic heterocycles. The summed E-state index contributed by atoms with van der Waals surface area (Å²) in [4.78, 5) is 0. The van der Waals surface area contributed by atoms with Crippen LogP contribution in [0, 0.1) is 5.92 Å². The summed E-state index contributed by atoms with van der Waals surface area (Å²) in [5.74, 6) is 1.45. The first-order valence-electron chi connectivity index (χ1n) is 5.80. The maximum atomic E-state index is 5.48. The van der Waals surface area contributed by atoms with Crippen molar-refractivity contribution in [2.24, 2.45) is 5.92 Å². The third-order valence-corrected chi connectivity index (χ3v) is 2.85. The van der Waals surface area contributed by atoms with Crippen LogP contribution >= 0.6 is 15.9 Å². The third-order valence-electron chi connectivity index (χ3n) is 2.42. The van der Waals surface area contributed by atoms with Gasteiger partial charge in [0.15, 0.2) is 4.67 Å². The molecule has 0 aliphatic rings. The zero-order chi connectivity index (χ0) is 12.0. The number of rotatable bonds is 6. The molecule has 0 unspecified atom stereocenters. The van der Waals surface area contributed by atoms with Crippen molar-refractivity contribution in [2.45, 2.75) is 27.2 Å². The second-order valence-corrected chi connectivity index (χ2v) is 4.97. The van der Waals surface area contributed by atoms with Gasteiger partial charge in [0.25, 0.3) is 0 Å². The van der Waals surface area contributed by atoms with Crippen molar-refractivity contribution < 1.29 is 4.42 Å². The molecule has 0 spiro atoms. The molecule has 3 heteroatoms. The zero-order valence-electron chi connectivity index (χ0n) is 10.2. The molecule has 0 saturated carbocycles.